The van der Waals surface area contributed by atoms with Crippen LogP contribution in [0.15, 0.2) is 12.7 Å². The first kappa shape index (κ1) is 11.4. The van der Waals surface area contributed by atoms with Gasteiger partial charge >= 0.3 is 0 Å². The zero-order valence-electron chi connectivity index (χ0n) is 10.1. The predicted octanol–water partition coefficient (Wildman–Crippen LogP) is 1.32. The highest BCUT2D eigenvalue weighted by Crippen LogP contribution is 2.27. The zero-order chi connectivity index (χ0) is 12.4. The third-order valence-corrected chi connectivity index (χ3v) is 3.65. The molecule has 1 aliphatic rings. The molecular weight excluding hydrogens is 230 g/mol. The average Bonchev–Trinajstić information content (AvgIpc) is 3.05. The van der Waals surface area contributed by atoms with Crippen molar-refractivity contribution in [2.45, 2.75) is 31.8 Å². The van der Waals surface area contributed by atoms with Crippen LogP contribution in [0.1, 0.15) is 25.7 Å². The van der Waals surface area contributed by atoms with Crippen molar-refractivity contribution in [1.29, 1.82) is 0 Å². The van der Waals surface area contributed by atoms with Gasteiger partial charge in [-0.3, -0.25) is 0 Å². The molecule has 1 unspecified atom stereocenters. The highest BCUT2D eigenvalue weighted by atomic mass is 16.3. The first-order valence-corrected chi connectivity index (χ1v) is 6.40. The molecule has 0 aromatic carbocycles. The molecule has 0 amide bonds. The van der Waals surface area contributed by atoms with Gasteiger partial charge in [0.05, 0.1) is 12.4 Å². The van der Waals surface area contributed by atoms with E-state index in [2.05, 4.69) is 25.3 Å². The van der Waals surface area contributed by atoms with Crippen LogP contribution in [0.5, 0.6) is 0 Å². The van der Waals surface area contributed by atoms with Gasteiger partial charge in [-0.25, -0.2) is 15.0 Å². The number of aromatic nitrogens is 4. The van der Waals surface area contributed by atoms with Crippen LogP contribution in [-0.4, -0.2) is 37.7 Å². The highest BCUT2D eigenvalue weighted by Gasteiger charge is 2.23. The number of rotatable bonds is 4. The molecule has 1 atom stereocenters. The van der Waals surface area contributed by atoms with E-state index < -0.39 is 0 Å². The van der Waals surface area contributed by atoms with Crippen LogP contribution >= 0.6 is 0 Å². The molecule has 3 rings (SSSR count). The van der Waals surface area contributed by atoms with Gasteiger partial charge in [-0.1, -0.05) is 12.8 Å². The number of hydrogen-bond donors (Lipinski definition) is 3. The smallest absolute Gasteiger partial charge is 0.182 e. The minimum Gasteiger partial charge on any atom is -0.391 e. The van der Waals surface area contributed by atoms with Crippen molar-refractivity contribution < 1.29 is 5.11 Å². The summed E-state index contributed by atoms with van der Waals surface area (Å²) in [5, 5.41) is 13.3. The lowest BCUT2D eigenvalue weighted by molar-refractivity contribution is 0.123. The Morgan fingerprint density at radius 1 is 1.33 bits per heavy atom. The molecule has 6 nitrogen and oxygen atoms in total. The van der Waals surface area contributed by atoms with E-state index in [1.54, 1.807) is 6.33 Å². The van der Waals surface area contributed by atoms with E-state index in [4.69, 9.17) is 0 Å². The van der Waals surface area contributed by atoms with Gasteiger partial charge in [0, 0.05) is 6.54 Å². The summed E-state index contributed by atoms with van der Waals surface area (Å²) in [7, 11) is 0. The van der Waals surface area contributed by atoms with Crippen LogP contribution in [0, 0.1) is 5.92 Å². The molecule has 0 bridgehead atoms. The monoisotopic (exact) mass is 247 g/mol. The number of nitrogens with zero attached hydrogens (tertiary/aromatic N) is 3. The van der Waals surface area contributed by atoms with Crippen molar-refractivity contribution in [3.05, 3.63) is 12.7 Å². The second kappa shape index (κ2) is 4.89. The summed E-state index contributed by atoms with van der Waals surface area (Å²) >= 11 is 0. The average molecular weight is 247 g/mol. The summed E-state index contributed by atoms with van der Waals surface area (Å²) in [6.45, 7) is 0.524. The summed E-state index contributed by atoms with van der Waals surface area (Å²) in [4.78, 5) is 15.3. The lowest BCUT2D eigenvalue weighted by Crippen LogP contribution is -2.27. The Balaban J connectivity index is 1.67. The first-order chi connectivity index (χ1) is 8.84. The maximum absolute atomic E-state index is 10.1. The topological polar surface area (TPSA) is 86.7 Å². The second-order valence-corrected chi connectivity index (χ2v) is 4.82. The molecule has 1 aliphatic carbocycles. The molecule has 2 aromatic rings. The number of fused-ring (bicyclic) bond motifs is 1. The van der Waals surface area contributed by atoms with Gasteiger partial charge < -0.3 is 15.4 Å². The summed E-state index contributed by atoms with van der Waals surface area (Å²) in [5.41, 5.74) is 1.43. The number of aromatic amines is 1. The molecule has 3 N–H and O–H groups in total. The molecule has 0 aliphatic heterocycles. The van der Waals surface area contributed by atoms with Gasteiger partial charge in [0.25, 0.3) is 0 Å². The Labute approximate surface area is 105 Å². The van der Waals surface area contributed by atoms with Crippen molar-refractivity contribution in [1.82, 2.24) is 19.9 Å². The predicted molar refractivity (Wildman–Crippen MR) is 68.1 cm³/mol. The van der Waals surface area contributed by atoms with Crippen LogP contribution in [0.3, 0.4) is 0 Å². The van der Waals surface area contributed by atoms with E-state index in [1.807, 2.05) is 0 Å². The van der Waals surface area contributed by atoms with Gasteiger partial charge in [-0.2, -0.15) is 0 Å². The first-order valence-electron chi connectivity index (χ1n) is 6.40. The third kappa shape index (κ3) is 2.15. The Morgan fingerprint density at radius 2 is 2.17 bits per heavy atom. The fraction of sp³-hybridized carbons (Fsp3) is 0.583. The van der Waals surface area contributed by atoms with Gasteiger partial charge in [0.15, 0.2) is 11.5 Å². The number of H-pyrrole nitrogens is 1. The Hall–Kier alpha value is -1.69. The van der Waals surface area contributed by atoms with Crippen molar-refractivity contribution >= 4 is 17.0 Å². The van der Waals surface area contributed by atoms with Crippen molar-refractivity contribution in [3.8, 4) is 0 Å². The molecular formula is C12H17N5O. The molecule has 0 spiro atoms. The zero-order valence-corrected chi connectivity index (χ0v) is 10.1. The Bertz CT molecular complexity index is 520. The van der Waals surface area contributed by atoms with Gasteiger partial charge in [-0.15, -0.1) is 0 Å². The summed E-state index contributed by atoms with van der Waals surface area (Å²) in [5.74, 6) is 1.13. The molecule has 0 radical (unpaired) electrons. The van der Waals surface area contributed by atoms with Crippen molar-refractivity contribution in [3.63, 3.8) is 0 Å². The fourth-order valence-electron chi connectivity index (χ4n) is 2.61. The van der Waals surface area contributed by atoms with Gasteiger partial charge in [0.1, 0.15) is 11.8 Å². The Kier molecular flexibility index (Phi) is 3.10. The number of anilines is 1. The van der Waals surface area contributed by atoms with E-state index in [9.17, 15) is 5.11 Å². The molecule has 1 fully saturated rings. The van der Waals surface area contributed by atoms with Crippen LogP contribution in [0.2, 0.25) is 0 Å². The number of aliphatic hydroxyl groups is 1. The maximum atomic E-state index is 10.1. The number of imidazole rings is 1. The molecule has 96 valence electrons. The van der Waals surface area contributed by atoms with Crippen LogP contribution in [0.25, 0.3) is 11.2 Å². The molecule has 2 aromatic heterocycles. The largest absolute Gasteiger partial charge is 0.391 e. The van der Waals surface area contributed by atoms with Gasteiger partial charge in [0.2, 0.25) is 0 Å². The lowest BCUT2D eigenvalue weighted by atomic mass is 10.0. The fourth-order valence-corrected chi connectivity index (χ4v) is 2.61. The highest BCUT2D eigenvalue weighted by molar-refractivity contribution is 5.81. The van der Waals surface area contributed by atoms with Crippen LogP contribution in [0.4, 0.5) is 5.82 Å². The minimum absolute atomic E-state index is 0.305. The van der Waals surface area contributed by atoms with Crippen molar-refractivity contribution in [2.75, 3.05) is 11.9 Å². The van der Waals surface area contributed by atoms with E-state index in [-0.39, 0.29) is 6.10 Å². The number of nitrogens with one attached hydrogen (secondary N) is 2. The Morgan fingerprint density at radius 3 is 3.00 bits per heavy atom. The van der Waals surface area contributed by atoms with E-state index in [1.165, 1.54) is 19.2 Å². The maximum Gasteiger partial charge on any atom is 0.182 e. The number of hydrogen-bond acceptors (Lipinski definition) is 5. The van der Waals surface area contributed by atoms with E-state index in [0.717, 1.165) is 18.4 Å². The minimum atomic E-state index is -0.305. The van der Waals surface area contributed by atoms with E-state index in [0.29, 0.717) is 23.9 Å². The molecule has 2 heterocycles. The molecule has 1 saturated carbocycles. The summed E-state index contributed by atoms with van der Waals surface area (Å²) in [6.07, 6.45) is 7.50. The van der Waals surface area contributed by atoms with Gasteiger partial charge in [-0.05, 0) is 18.8 Å². The molecule has 6 heteroatoms. The standard InChI is InChI=1S/C12H17N5O/c18-9(8-3-1-2-4-8)5-13-11-10-12(15-6-14-10)17-7-16-11/h6-9,18H,1-5H2,(H2,13,14,15,16,17). The third-order valence-electron chi connectivity index (χ3n) is 3.65. The number of aliphatic hydroxyl groups excluding tert-OH is 1. The second-order valence-electron chi connectivity index (χ2n) is 4.82. The summed E-state index contributed by atoms with van der Waals surface area (Å²) < 4.78 is 0. The van der Waals surface area contributed by atoms with Crippen LogP contribution in [-0.2, 0) is 0 Å². The molecule has 0 saturated heterocycles. The quantitative estimate of drug-likeness (QED) is 0.758. The van der Waals surface area contributed by atoms with Crippen molar-refractivity contribution in [2.24, 2.45) is 5.92 Å². The van der Waals surface area contributed by atoms with Crippen LogP contribution < -0.4 is 5.32 Å². The molecule has 18 heavy (non-hydrogen) atoms. The van der Waals surface area contributed by atoms with E-state index >= 15 is 0 Å². The summed E-state index contributed by atoms with van der Waals surface area (Å²) in [6, 6.07) is 0. The SMILES string of the molecule is OC(CNc1ncnc2nc[nH]c12)C1CCCC1. The lowest BCUT2D eigenvalue weighted by Gasteiger charge is -2.18. The normalized spacial score (nSPS) is 18.3.